The normalized spacial score (nSPS) is 19.5. The minimum absolute atomic E-state index is 0.128. The minimum Gasteiger partial charge on any atom is -0.497 e. The second-order valence-electron chi connectivity index (χ2n) is 4.40. The molecule has 5 heteroatoms. The molecule has 0 radical (unpaired) electrons. The second-order valence-corrected chi connectivity index (χ2v) is 4.40. The first-order valence-corrected chi connectivity index (χ1v) is 6.11. The van der Waals surface area contributed by atoms with Crippen molar-refractivity contribution in [2.45, 2.75) is 19.4 Å². The van der Waals surface area contributed by atoms with Gasteiger partial charge < -0.3 is 10.5 Å². The van der Waals surface area contributed by atoms with E-state index < -0.39 is 0 Å². The van der Waals surface area contributed by atoms with E-state index in [0.717, 1.165) is 11.4 Å². The molecule has 5 nitrogen and oxygen atoms in total. The Bertz CT molecular complexity index is 419. The van der Waals surface area contributed by atoms with Crippen LogP contribution in [0.1, 0.15) is 13.3 Å². The van der Waals surface area contributed by atoms with Gasteiger partial charge in [0.05, 0.1) is 31.8 Å². The lowest BCUT2D eigenvalue weighted by Crippen LogP contribution is -2.44. The van der Waals surface area contributed by atoms with Crippen LogP contribution in [-0.2, 0) is 4.79 Å². The molecule has 0 aliphatic carbocycles. The molecule has 2 N–H and O–H groups in total. The van der Waals surface area contributed by atoms with E-state index in [4.69, 9.17) is 10.5 Å². The Labute approximate surface area is 107 Å². The molecule has 1 aromatic rings. The maximum absolute atomic E-state index is 11.9. The predicted octanol–water partition coefficient (Wildman–Crippen LogP) is 0.996. The van der Waals surface area contributed by atoms with E-state index in [1.807, 2.05) is 36.2 Å². The zero-order valence-corrected chi connectivity index (χ0v) is 10.8. The van der Waals surface area contributed by atoms with Crippen LogP contribution in [0.3, 0.4) is 0 Å². The summed E-state index contributed by atoms with van der Waals surface area (Å²) in [7, 11) is 1.64. The van der Waals surface area contributed by atoms with Gasteiger partial charge in [0.15, 0.2) is 0 Å². The molecule has 1 unspecified atom stereocenters. The molecular formula is C13H19N3O2. The monoisotopic (exact) mass is 249 g/mol. The van der Waals surface area contributed by atoms with Crippen molar-refractivity contribution in [3.8, 4) is 5.75 Å². The lowest BCUT2D eigenvalue weighted by Gasteiger charge is -2.32. The summed E-state index contributed by atoms with van der Waals surface area (Å²) in [5.74, 6) is 0.936. The Kier molecular flexibility index (Phi) is 3.72. The van der Waals surface area contributed by atoms with Crippen molar-refractivity contribution in [1.82, 2.24) is 5.01 Å². The highest BCUT2D eigenvalue weighted by Gasteiger charge is 2.34. The average molecular weight is 249 g/mol. The number of nitrogens with zero attached hydrogens (tertiary/aromatic N) is 2. The van der Waals surface area contributed by atoms with Gasteiger partial charge in [-0.15, -0.1) is 0 Å². The van der Waals surface area contributed by atoms with Gasteiger partial charge in [0, 0.05) is 6.54 Å². The SMILES string of the molecule is COc1ccc(N2C(C)CC(=O)N2CCN)cc1. The molecule has 1 heterocycles. The summed E-state index contributed by atoms with van der Waals surface area (Å²) in [5, 5.41) is 3.74. The van der Waals surface area contributed by atoms with Gasteiger partial charge in [0.1, 0.15) is 5.75 Å². The molecule has 18 heavy (non-hydrogen) atoms. The number of benzene rings is 1. The number of rotatable bonds is 4. The van der Waals surface area contributed by atoms with Crippen LogP contribution in [0.25, 0.3) is 0 Å². The number of methoxy groups -OCH3 is 1. The van der Waals surface area contributed by atoms with Gasteiger partial charge in [-0.3, -0.25) is 14.8 Å². The quantitative estimate of drug-likeness (QED) is 0.864. The van der Waals surface area contributed by atoms with Gasteiger partial charge in [0.2, 0.25) is 5.91 Å². The van der Waals surface area contributed by atoms with E-state index in [1.165, 1.54) is 0 Å². The molecule has 1 aromatic carbocycles. The first-order valence-electron chi connectivity index (χ1n) is 6.11. The van der Waals surface area contributed by atoms with E-state index in [-0.39, 0.29) is 11.9 Å². The molecule has 98 valence electrons. The molecule has 0 spiro atoms. The number of hydrogen-bond donors (Lipinski definition) is 1. The van der Waals surface area contributed by atoms with Crippen molar-refractivity contribution in [2.24, 2.45) is 5.73 Å². The number of hydrogen-bond acceptors (Lipinski definition) is 4. The Morgan fingerprint density at radius 1 is 1.39 bits per heavy atom. The number of hydrazine groups is 1. The summed E-state index contributed by atoms with van der Waals surface area (Å²) in [4.78, 5) is 11.9. The number of anilines is 1. The van der Waals surface area contributed by atoms with Gasteiger partial charge in [-0.25, -0.2) is 0 Å². The summed E-state index contributed by atoms with van der Waals surface area (Å²) in [5.41, 5.74) is 6.55. The first kappa shape index (κ1) is 12.7. The van der Waals surface area contributed by atoms with Crippen molar-refractivity contribution in [3.63, 3.8) is 0 Å². The predicted molar refractivity (Wildman–Crippen MR) is 70.3 cm³/mol. The highest BCUT2D eigenvalue weighted by molar-refractivity contribution is 5.82. The molecule has 2 rings (SSSR count). The molecule has 0 bridgehead atoms. The summed E-state index contributed by atoms with van der Waals surface area (Å²) in [6, 6.07) is 7.86. The van der Waals surface area contributed by atoms with E-state index in [2.05, 4.69) is 0 Å². The van der Waals surface area contributed by atoms with Crippen LogP contribution in [0.15, 0.2) is 24.3 Å². The van der Waals surface area contributed by atoms with Crippen LogP contribution in [0, 0.1) is 0 Å². The molecule has 1 aliphatic rings. The molecule has 1 amide bonds. The fraction of sp³-hybridized carbons (Fsp3) is 0.462. The zero-order chi connectivity index (χ0) is 13.1. The van der Waals surface area contributed by atoms with E-state index in [1.54, 1.807) is 12.1 Å². The molecule has 1 atom stereocenters. The topological polar surface area (TPSA) is 58.8 Å². The van der Waals surface area contributed by atoms with Crippen molar-refractivity contribution in [3.05, 3.63) is 24.3 Å². The second kappa shape index (κ2) is 5.27. The molecule has 1 aliphatic heterocycles. The molecular weight excluding hydrogens is 230 g/mol. The highest BCUT2D eigenvalue weighted by atomic mass is 16.5. The Hall–Kier alpha value is -1.75. The highest BCUT2D eigenvalue weighted by Crippen LogP contribution is 2.28. The maximum Gasteiger partial charge on any atom is 0.243 e. The minimum atomic E-state index is 0.128. The third kappa shape index (κ3) is 2.26. The average Bonchev–Trinajstić information content (AvgIpc) is 2.65. The van der Waals surface area contributed by atoms with Crippen molar-refractivity contribution >= 4 is 11.6 Å². The van der Waals surface area contributed by atoms with Gasteiger partial charge >= 0.3 is 0 Å². The van der Waals surface area contributed by atoms with Crippen LogP contribution < -0.4 is 15.5 Å². The van der Waals surface area contributed by atoms with E-state index in [0.29, 0.717) is 19.5 Å². The van der Waals surface area contributed by atoms with Gasteiger partial charge in [-0.05, 0) is 31.2 Å². The summed E-state index contributed by atoms with van der Waals surface area (Å²) in [6.45, 7) is 3.05. The number of carbonyl (C=O) groups is 1. The van der Waals surface area contributed by atoms with Gasteiger partial charge in [-0.1, -0.05) is 0 Å². The van der Waals surface area contributed by atoms with Crippen LogP contribution >= 0.6 is 0 Å². The zero-order valence-electron chi connectivity index (χ0n) is 10.8. The molecule has 1 saturated heterocycles. The molecule has 1 fully saturated rings. The number of ether oxygens (including phenoxy) is 1. The van der Waals surface area contributed by atoms with Crippen molar-refractivity contribution in [1.29, 1.82) is 0 Å². The number of carbonyl (C=O) groups excluding carboxylic acids is 1. The van der Waals surface area contributed by atoms with E-state index >= 15 is 0 Å². The number of nitrogens with two attached hydrogens (primary N) is 1. The Morgan fingerprint density at radius 2 is 2.06 bits per heavy atom. The lowest BCUT2D eigenvalue weighted by molar-refractivity contribution is -0.128. The summed E-state index contributed by atoms with van der Waals surface area (Å²) < 4.78 is 5.14. The summed E-state index contributed by atoms with van der Waals surface area (Å²) in [6.07, 6.45) is 0.534. The third-order valence-corrected chi connectivity index (χ3v) is 3.11. The largest absolute Gasteiger partial charge is 0.497 e. The van der Waals surface area contributed by atoms with Gasteiger partial charge in [0.25, 0.3) is 0 Å². The third-order valence-electron chi connectivity index (χ3n) is 3.11. The fourth-order valence-corrected chi connectivity index (χ4v) is 2.29. The summed E-state index contributed by atoms with van der Waals surface area (Å²) >= 11 is 0. The smallest absolute Gasteiger partial charge is 0.243 e. The van der Waals surface area contributed by atoms with Crippen LogP contribution in [-0.4, -0.2) is 37.2 Å². The molecule has 0 aromatic heterocycles. The van der Waals surface area contributed by atoms with Crippen molar-refractivity contribution in [2.75, 3.05) is 25.2 Å². The fourth-order valence-electron chi connectivity index (χ4n) is 2.29. The van der Waals surface area contributed by atoms with Crippen LogP contribution in [0.4, 0.5) is 5.69 Å². The Balaban J connectivity index is 2.25. The standard InChI is InChI=1S/C13H19N3O2/c1-10-9-13(17)15(8-7-14)16(10)11-3-5-12(18-2)6-4-11/h3-6,10H,7-9,14H2,1-2H3. The first-order chi connectivity index (χ1) is 8.67. The number of amides is 1. The van der Waals surface area contributed by atoms with E-state index in [9.17, 15) is 4.79 Å². The molecule has 0 saturated carbocycles. The van der Waals surface area contributed by atoms with Crippen LogP contribution in [0.2, 0.25) is 0 Å². The lowest BCUT2D eigenvalue weighted by atomic mass is 10.2. The van der Waals surface area contributed by atoms with Crippen LogP contribution in [0.5, 0.6) is 5.75 Å². The Morgan fingerprint density at radius 3 is 2.61 bits per heavy atom. The van der Waals surface area contributed by atoms with Gasteiger partial charge in [-0.2, -0.15) is 0 Å². The van der Waals surface area contributed by atoms with Crippen molar-refractivity contribution < 1.29 is 9.53 Å². The maximum atomic E-state index is 11.9.